The van der Waals surface area contributed by atoms with Crippen LogP contribution in [0.4, 0.5) is 4.39 Å². The molecule has 0 spiro atoms. The highest BCUT2D eigenvalue weighted by Gasteiger charge is 2.12. The second kappa shape index (κ2) is 5.52. The molecule has 0 saturated heterocycles. The first kappa shape index (κ1) is 13.6. The van der Waals surface area contributed by atoms with Crippen molar-refractivity contribution in [3.8, 4) is 0 Å². The van der Waals surface area contributed by atoms with Gasteiger partial charge < -0.3 is 5.11 Å². The Balaban J connectivity index is 1.84. The molecule has 0 aliphatic carbocycles. The van der Waals surface area contributed by atoms with Gasteiger partial charge in [0, 0.05) is 21.0 Å². The Morgan fingerprint density at radius 2 is 1.85 bits per heavy atom. The molecule has 4 heteroatoms. The van der Waals surface area contributed by atoms with E-state index in [2.05, 4.69) is 0 Å². The minimum atomic E-state index is -0.586. The van der Waals surface area contributed by atoms with Crippen LogP contribution >= 0.6 is 22.9 Å². The molecule has 20 heavy (non-hydrogen) atoms. The van der Waals surface area contributed by atoms with Crippen LogP contribution in [0.1, 0.15) is 16.5 Å². The molecule has 0 aliphatic rings. The van der Waals surface area contributed by atoms with Crippen molar-refractivity contribution < 1.29 is 9.50 Å². The van der Waals surface area contributed by atoms with Gasteiger partial charge in [-0.3, -0.25) is 0 Å². The van der Waals surface area contributed by atoms with Crippen molar-refractivity contribution in [1.29, 1.82) is 0 Å². The molecule has 102 valence electrons. The van der Waals surface area contributed by atoms with E-state index in [9.17, 15) is 9.50 Å². The molecule has 1 aromatic heterocycles. The van der Waals surface area contributed by atoms with Crippen LogP contribution in [0.25, 0.3) is 10.1 Å². The smallest absolute Gasteiger partial charge is 0.123 e. The molecule has 0 aliphatic heterocycles. The van der Waals surface area contributed by atoms with Crippen LogP contribution < -0.4 is 0 Å². The maximum atomic E-state index is 13.2. The summed E-state index contributed by atoms with van der Waals surface area (Å²) in [6.07, 6.45) is -0.0661. The minimum Gasteiger partial charge on any atom is -0.387 e. The quantitative estimate of drug-likeness (QED) is 0.724. The highest BCUT2D eigenvalue weighted by atomic mass is 35.5. The van der Waals surface area contributed by atoms with Crippen molar-refractivity contribution >= 4 is 33.0 Å². The third-order valence-corrected chi connectivity index (χ3v) is 4.64. The van der Waals surface area contributed by atoms with Gasteiger partial charge in [0.2, 0.25) is 0 Å². The Labute approximate surface area is 125 Å². The number of thiophene rings is 1. The van der Waals surface area contributed by atoms with Gasteiger partial charge in [-0.25, -0.2) is 4.39 Å². The lowest BCUT2D eigenvalue weighted by Gasteiger charge is -2.08. The largest absolute Gasteiger partial charge is 0.387 e. The van der Waals surface area contributed by atoms with E-state index in [4.69, 9.17) is 11.6 Å². The van der Waals surface area contributed by atoms with Gasteiger partial charge in [0.15, 0.2) is 0 Å². The van der Waals surface area contributed by atoms with Crippen LogP contribution in [0.15, 0.2) is 48.5 Å². The number of aliphatic hydroxyl groups is 1. The fourth-order valence-corrected chi connectivity index (χ4v) is 3.30. The number of rotatable bonds is 3. The Morgan fingerprint density at radius 3 is 2.60 bits per heavy atom. The van der Waals surface area contributed by atoms with E-state index in [1.807, 2.05) is 30.3 Å². The topological polar surface area (TPSA) is 20.2 Å². The minimum absolute atomic E-state index is 0.256. The van der Waals surface area contributed by atoms with E-state index in [1.165, 1.54) is 23.5 Å². The first-order chi connectivity index (χ1) is 9.61. The fourth-order valence-electron chi connectivity index (χ4n) is 2.14. The van der Waals surface area contributed by atoms with E-state index in [0.29, 0.717) is 11.4 Å². The van der Waals surface area contributed by atoms with Crippen LogP contribution in [0.2, 0.25) is 5.02 Å². The summed E-state index contributed by atoms with van der Waals surface area (Å²) < 4.78 is 14.1. The van der Waals surface area contributed by atoms with Crippen LogP contribution in [-0.2, 0) is 6.42 Å². The molecule has 1 heterocycles. The van der Waals surface area contributed by atoms with Gasteiger partial charge in [0.25, 0.3) is 0 Å². The summed E-state index contributed by atoms with van der Waals surface area (Å²) in [5.41, 5.74) is 1.02. The number of aliphatic hydroxyl groups excluding tert-OH is 1. The third-order valence-electron chi connectivity index (χ3n) is 3.17. The summed E-state index contributed by atoms with van der Waals surface area (Å²) in [5, 5.41) is 11.8. The van der Waals surface area contributed by atoms with Crippen molar-refractivity contribution in [2.45, 2.75) is 12.5 Å². The standard InChI is InChI=1S/C16H12ClFOS/c17-12-3-1-10(2-4-12)7-14(19)16-9-11-8-13(18)5-6-15(11)20-16/h1-6,8-9,14,19H,7H2. The maximum Gasteiger partial charge on any atom is 0.123 e. The molecular formula is C16H12ClFOS. The number of hydrogen-bond donors (Lipinski definition) is 1. The average Bonchev–Trinajstić information content (AvgIpc) is 2.84. The molecule has 0 bridgehead atoms. The van der Waals surface area contributed by atoms with Crippen molar-refractivity contribution in [2.24, 2.45) is 0 Å². The molecule has 0 radical (unpaired) electrons. The number of fused-ring (bicyclic) bond motifs is 1. The predicted octanol–water partition coefficient (Wildman–Crippen LogP) is 4.97. The molecule has 0 amide bonds. The SMILES string of the molecule is OC(Cc1ccc(Cl)cc1)c1cc2cc(F)ccc2s1. The molecule has 2 aromatic carbocycles. The average molecular weight is 307 g/mol. The van der Waals surface area contributed by atoms with E-state index in [0.717, 1.165) is 20.5 Å². The molecule has 1 atom stereocenters. The van der Waals surface area contributed by atoms with Crippen molar-refractivity contribution in [3.63, 3.8) is 0 Å². The predicted molar refractivity (Wildman–Crippen MR) is 81.9 cm³/mol. The van der Waals surface area contributed by atoms with Crippen LogP contribution in [0, 0.1) is 5.82 Å². The second-order valence-electron chi connectivity index (χ2n) is 4.68. The van der Waals surface area contributed by atoms with Gasteiger partial charge in [0.1, 0.15) is 5.82 Å². The summed E-state index contributed by atoms with van der Waals surface area (Å²) >= 11 is 7.33. The number of hydrogen-bond acceptors (Lipinski definition) is 2. The summed E-state index contributed by atoms with van der Waals surface area (Å²) in [6, 6.07) is 13.9. The monoisotopic (exact) mass is 306 g/mol. The van der Waals surface area contributed by atoms with Gasteiger partial charge in [-0.15, -0.1) is 11.3 Å². The summed E-state index contributed by atoms with van der Waals surface area (Å²) in [5.74, 6) is -0.256. The summed E-state index contributed by atoms with van der Waals surface area (Å²) in [6.45, 7) is 0. The lowest BCUT2D eigenvalue weighted by atomic mass is 10.1. The van der Waals surface area contributed by atoms with Crippen molar-refractivity contribution in [2.75, 3.05) is 0 Å². The van der Waals surface area contributed by atoms with Crippen molar-refractivity contribution in [3.05, 3.63) is 69.8 Å². The Morgan fingerprint density at radius 1 is 1.10 bits per heavy atom. The second-order valence-corrected chi connectivity index (χ2v) is 6.23. The Hall–Kier alpha value is -1.42. The van der Waals surface area contributed by atoms with Gasteiger partial charge in [0.05, 0.1) is 6.10 Å². The van der Waals surface area contributed by atoms with Gasteiger partial charge in [-0.2, -0.15) is 0 Å². The molecule has 3 rings (SSSR count). The first-order valence-electron chi connectivity index (χ1n) is 6.23. The first-order valence-corrected chi connectivity index (χ1v) is 7.43. The van der Waals surface area contributed by atoms with Crippen LogP contribution in [-0.4, -0.2) is 5.11 Å². The number of benzene rings is 2. The molecule has 3 aromatic rings. The van der Waals surface area contributed by atoms with E-state index in [-0.39, 0.29) is 5.82 Å². The van der Waals surface area contributed by atoms with Gasteiger partial charge in [-0.05, 0) is 47.3 Å². The molecule has 1 nitrogen and oxygen atoms in total. The van der Waals surface area contributed by atoms with Crippen molar-refractivity contribution in [1.82, 2.24) is 0 Å². The highest BCUT2D eigenvalue weighted by Crippen LogP contribution is 2.32. The molecule has 0 fully saturated rings. The maximum absolute atomic E-state index is 13.2. The molecule has 1 N–H and O–H groups in total. The van der Waals surface area contributed by atoms with Gasteiger partial charge in [-0.1, -0.05) is 23.7 Å². The Kier molecular flexibility index (Phi) is 3.74. The van der Waals surface area contributed by atoms with Crippen LogP contribution in [0.5, 0.6) is 0 Å². The lowest BCUT2D eigenvalue weighted by Crippen LogP contribution is -1.99. The third kappa shape index (κ3) is 2.85. The highest BCUT2D eigenvalue weighted by molar-refractivity contribution is 7.19. The lowest BCUT2D eigenvalue weighted by molar-refractivity contribution is 0.182. The zero-order valence-corrected chi connectivity index (χ0v) is 12.1. The summed E-state index contributed by atoms with van der Waals surface area (Å²) in [7, 11) is 0. The number of halogens is 2. The zero-order chi connectivity index (χ0) is 14.1. The van der Waals surface area contributed by atoms with E-state index >= 15 is 0 Å². The fraction of sp³-hybridized carbons (Fsp3) is 0.125. The van der Waals surface area contributed by atoms with E-state index in [1.54, 1.807) is 6.07 Å². The Bertz CT molecular complexity index is 736. The van der Waals surface area contributed by atoms with Gasteiger partial charge >= 0.3 is 0 Å². The molecule has 0 saturated carbocycles. The van der Waals surface area contributed by atoms with Crippen LogP contribution in [0.3, 0.4) is 0 Å². The summed E-state index contributed by atoms with van der Waals surface area (Å²) in [4.78, 5) is 0.848. The molecular weight excluding hydrogens is 295 g/mol. The zero-order valence-electron chi connectivity index (χ0n) is 10.5. The normalized spacial score (nSPS) is 12.8. The van der Waals surface area contributed by atoms with E-state index < -0.39 is 6.10 Å². The molecule has 1 unspecified atom stereocenters.